The number of nitrogens with zero attached hydrogens (tertiary/aromatic N) is 3. The van der Waals surface area contributed by atoms with Crippen LogP contribution in [0.15, 0.2) is 66.1 Å². The van der Waals surface area contributed by atoms with E-state index >= 15 is 0 Å². The molecule has 2 heterocycles. The summed E-state index contributed by atoms with van der Waals surface area (Å²) in [6.45, 7) is 4.17. The van der Waals surface area contributed by atoms with Gasteiger partial charge in [0.15, 0.2) is 0 Å². The van der Waals surface area contributed by atoms with Gasteiger partial charge >= 0.3 is 0 Å². The Morgan fingerprint density at radius 1 is 1.14 bits per heavy atom. The Labute approximate surface area is 164 Å². The van der Waals surface area contributed by atoms with Crippen molar-refractivity contribution in [2.75, 3.05) is 0 Å². The molecule has 3 aromatic rings. The van der Waals surface area contributed by atoms with Crippen molar-refractivity contribution in [2.24, 2.45) is 5.73 Å². The molecule has 2 aromatic carbocycles. The summed E-state index contributed by atoms with van der Waals surface area (Å²) in [4.78, 5) is 0. The smallest absolute Gasteiger partial charge is 0.229 e. The number of nitriles is 1. The molecule has 0 aliphatic carbocycles. The monoisotopic (exact) mass is 370 g/mol. The number of para-hydroxylation sites is 1. The Bertz CT molecular complexity index is 1070. The van der Waals surface area contributed by atoms with Crippen molar-refractivity contribution < 1.29 is 4.74 Å². The van der Waals surface area contributed by atoms with E-state index < -0.39 is 0 Å². The Hall–Kier alpha value is -3.52. The molecule has 0 unspecified atom stereocenters. The van der Waals surface area contributed by atoms with Crippen LogP contribution in [0.4, 0.5) is 0 Å². The van der Waals surface area contributed by atoms with Gasteiger partial charge < -0.3 is 10.5 Å². The molecule has 5 nitrogen and oxygen atoms in total. The number of benzene rings is 2. The molecule has 0 saturated heterocycles. The Kier molecular flexibility index (Phi) is 4.62. The molecular formula is C23H22N4O. The zero-order chi connectivity index (χ0) is 19.7. The van der Waals surface area contributed by atoms with Gasteiger partial charge in [-0.25, -0.2) is 4.68 Å². The maximum Gasteiger partial charge on any atom is 0.229 e. The van der Waals surface area contributed by atoms with Gasteiger partial charge in [-0.15, -0.1) is 0 Å². The van der Waals surface area contributed by atoms with E-state index in [2.05, 4.69) is 37.3 Å². The van der Waals surface area contributed by atoms with Crippen molar-refractivity contribution in [3.63, 3.8) is 0 Å². The summed E-state index contributed by atoms with van der Waals surface area (Å²) in [7, 11) is 0. The number of fused-ring (bicyclic) bond motifs is 1. The fraction of sp³-hybridized carbons (Fsp3) is 0.217. The molecule has 1 aliphatic heterocycles. The van der Waals surface area contributed by atoms with E-state index in [9.17, 15) is 5.26 Å². The minimum absolute atomic E-state index is 0.140. The third-order valence-corrected chi connectivity index (χ3v) is 5.02. The van der Waals surface area contributed by atoms with Crippen molar-refractivity contribution in [2.45, 2.75) is 32.6 Å². The summed E-state index contributed by atoms with van der Waals surface area (Å²) in [6.07, 6.45) is 1.74. The molecule has 140 valence electrons. The first-order valence-corrected chi connectivity index (χ1v) is 9.45. The normalized spacial score (nSPS) is 15.7. The Morgan fingerprint density at radius 2 is 1.86 bits per heavy atom. The number of hydrogen-bond donors (Lipinski definition) is 1. The fourth-order valence-electron chi connectivity index (χ4n) is 3.67. The summed E-state index contributed by atoms with van der Waals surface area (Å²) in [5.41, 5.74) is 11.6. The van der Waals surface area contributed by atoms with Crippen molar-refractivity contribution in [3.8, 4) is 17.6 Å². The van der Waals surface area contributed by atoms with Crippen LogP contribution >= 0.6 is 0 Å². The van der Waals surface area contributed by atoms with Gasteiger partial charge in [0, 0.05) is 0 Å². The van der Waals surface area contributed by atoms with Gasteiger partial charge in [-0.3, -0.25) is 0 Å². The highest BCUT2D eigenvalue weighted by Crippen LogP contribution is 2.45. The molecule has 0 bridgehead atoms. The number of nitrogens with two attached hydrogens (primary N) is 1. The first-order valence-electron chi connectivity index (χ1n) is 9.45. The molecule has 0 spiro atoms. The maximum atomic E-state index is 9.82. The van der Waals surface area contributed by atoms with Crippen molar-refractivity contribution >= 4 is 0 Å². The maximum absolute atomic E-state index is 9.82. The highest BCUT2D eigenvalue weighted by molar-refractivity contribution is 5.57. The van der Waals surface area contributed by atoms with Crippen LogP contribution in [0.5, 0.6) is 5.88 Å². The molecule has 0 saturated carbocycles. The molecule has 1 atom stereocenters. The van der Waals surface area contributed by atoms with Gasteiger partial charge in [0.2, 0.25) is 11.8 Å². The van der Waals surface area contributed by atoms with Gasteiger partial charge in [0.25, 0.3) is 0 Å². The van der Waals surface area contributed by atoms with Crippen LogP contribution in [0.25, 0.3) is 5.69 Å². The summed E-state index contributed by atoms with van der Waals surface area (Å²) >= 11 is 0. The average Bonchev–Trinajstić information content (AvgIpc) is 3.06. The molecule has 0 amide bonds. The van der Waals surface area contributed by atoms with Crippen LogP contribution in [0, 0.1) is 18.3 Å². The number of ether oxygens (including phenoxy) is 1. The van der Waals surface area contributed by atoms with Crippen LogP contribution in [-0.2, 0) is 6.42 Å². The first-order chi connectivity index (χ1) is 13.6. The van der Waals surface area contributed by atoms with Crippen LogP contribution in [0.1, 0.15) is 41.6 Å². The van der Waals surface area contributed by atoms with Crippen molar-refractivity contribution in [1.82, 2.24) is 9.78 Å². The topological polar surface area (TPSA) is 76.9 Å². The van der Waals surface area contributed by atoms with Crippen molar-refractivity contribution in [1.29, 1.82) is 5.26 Å². The van der Waals surface area contributed by atoms with E-state index in [1.54, 1.807) is 4.68 Å². The minimum atomic E-state index is -0.284. The lowest BCUT2D eigenvalue weighted by Gasteiger charge is -2.25. The average molecular weight is 370 g/mol. The second-order valence-electron chi connectivity index (χ2n) is 7.00. The van der Waals surface area contributed by atoms with Gasteiger partial charge in [-0.2, -0.15) is 10.4 Å². The predicted octanol–water partition coefficient (Wildman–Crippen LogP) is 4.35. The molecule has 0 fully saturated rings. The summed E-state index contributed by atoms with van der Waals surface area (Å²) in [5.74, 6) is 0.450. The summed E-state index contributed by atoms with van der Waals surface area (Å²) in [6, 6.07) is 20.3. The van der Waals surface area contributed by atoms with Crippen LogP contribution < -0.4 is 10.5 Å². The lowest BCUT2D eigenvalue weighted by Crippen LogP contribution is -2.22. The highest BCUT2D eigenvalue weighted by atomic mass is 16.5. The minimum Gasteiger partial charge on any atom is -0.422 e. The highest BCUT2D eigenvalue weighted by Gasteiger charge is 2.36. The molecular weight excluding hydrogens is 348 g/mol. The van der Waals surface area contributed by atoms with Crippen LogP contribution in [-0.4, -0.2) is 9.78 Å². The van der Waals surface area contributed by atoms with E-state index in [-0.39, 0.29) is 11.8 Å². The lowest BCUT2D eigenvalue weighted by molar-refractivity contribution is 0.367. The van der Waals surface area contributed by atoms with E-state index in [1.807, 2.05) is 37.3 Å². The predicted molar refractivity (Wildman–Crippen MR) is 108 cm³/mol. The van der Waals surface area contributed by atoms with Crippen molar-refractivity contribution in [3.05, 3.63) is 88.4 Å². The van der Waals surface area contributed by atoms with Gasteiger partial charge in [0.05, 0.1) is 22.9 Å². The molecule has 4 rings (SSSR count). The van der Waals surface area contributed by atoms with E-state index in [4.69, 9.17) is 15.6 Å². The van der Waals surface area contributed by atoms with Crippen LogP contribution in [0.3, 0.4) is 0 Å². The van der Waals surface area contributed by atoms with E-state index in [0.717, 1.165) is 35.3 Å². The SMILES string of the molecule is CCCc1nn(-c2ccccc2)c2c1[C@@H](c1ccc(C)cc1)C(C#N)=C(N)O2. The summed E-state index contributed by atoms with van der Waals surface area (Å²) in [5, 5.41) is 14.7. The molecule has 1 aliphatic rings. The third-order valence-electron chi connectivity index (χ3n) is 5.02. The molecule has 1 aromatic heterocycles. The second-order valence-corrected chi connectivity index (χ2v) is 7.00. The number of aromatic nitrogens is 2. The standard InChI is InChI=1S/C23H22N4O/c1-3-7-19-21-20(16-12-10-15(2)11-13-16)18(14-24)22(25)28-23(21)27(26-19)17-8-5-4-6-9-17/h4-6,8-13,20H,3,7,25H2,1-2H3/t20-/m0/s1. The lowest BCUT2D eigenvalue weighted by atomic mass is 9.83. The number of aryl methyl sites for hydroxylation is 2. The molecule has 5 heteroatoms. The first kappa shape index (κ1) is 17.9. The van der Waals surface area contributed by atoms with Gasteiger partial charge in [0.1, 0.15) is 11.6 Å². The number of hydrogen-bond acceptors (Lipinski definition) is 4. The number of rotatable bonds is 4. The van der Waals surface area contributed by atoms with Gasteiger partial charge in [-0.05, 0) is 31.0 Å². The van der Waals surface area contributed by atoms with E-state index in [0.29, 0.717) is 11.5 Å². The Balaban J connectivity index is 1.97. The zero-order valence-corrected chi connectivity index (χ0v) is 16.0. The van der Waals surface area contributed by atoms with Gasteiger partial charge in [-0.1, -0.05) is 61.4 Å². The van der Waals surface area contributed by atoms with Crippen LogP contribution in [0.2, 0.25) is 0 Å². The largest absolute Gasteiger partial charge is 0.422 e. The number of allylic oxidation sites excluding steroid dienone is 1. The summed E-state index contributed by atoms with van der Waals surface area (Å²) < 4.78 is 7.75. The molecule has 2 N–H and O–H groups in total. The third kappa shape index (κ3) is 2.93. The quantitative estimate of drug-likeness (QED) is 0.741. The molecule has 0 radical (unpaired) electrons. The van der Waals surface area contributed by atoms with E-state index in [1.165, 1.54) is 5.56 Å². The second kappa shape index (κ2) is 7.24. The Morgan fingerprint density at radius 3 is 2.50 bits per heavy atom. The zero-order valence-electron chi connectivity index (χ0n) is 16.0. The molecule has 28 heavy (non-hydrogen) atoms. The fourth-order valence-corrected chi connectivity index (χ4v) is 3.67.